The predicted octanol–water partition coefficient (Wildman–Crippen LogP) is 2.39. The van der Waals surface area contributed by atoms with Gasteiger partial charge in [0.1, 0.15) is 0 Å². The highest BCUT2D eigenvalue weighted by atomic mass is 15.2. The Hall–Kier alpha value is -1.09. The van der Waals surface area contributed by atoms with Gasteiger partial charge in [0.05, 0.1) is 0 Å². The van der Waals surface area contributed by atoms with E-state index in [4.69, 9.17) is 0 Å². The number of pyridine rings is 1. The van der Waals surface area contributed by atoms with E-state index in [-0.39, 0.29) is 0 Å². The molecule has 2 aliphatic heterocycles. The standard InChI is InChI=1S/C15H23N3/c1-17-11-6-13(7-12-17)15-3-2-10-18(15)14-4-8-16-9-5-14/h4-5,8-9,13,15H,2-3,6-7,10-12H2,1H3/t15-/m0/s1. The summed E-state index contributed by atoms with van der Waals surface area (Å²) in [4.78, 5) is 9.21. The first-order valence-corrected chi connectivity index (χ1v) is 7.20. The van der Waals surface area contributed by atoms with E-state index in [9.17, 15) is 0 Å². The predicted molar refractivity (Wildman–Crippen MR) is 74.8 cm³/mol. The third-order valence-corrected chi connectivity index (χ3v) is 4.60. The van der Waals surface area contributed by atoms with E-state index in [0.29, 0.717) is 0 Å². The largest absolute Gasteiger partial charge is 0.368 e. The molecule has 1 aromatic rings. The van der Waals surface area contributed by atoms with E-state index in [2.05, 4.69) is 34.0 Å². The highest BCUT2D eigenvalue weighted by Gasteiger charge is 2.33. The van der Waals surface area contributed by atoms with E-state index in [1.165, 1.54) is 51.0 Å². The molecule has 0 bridgehead atoms. The first kappa shape index (κ1) is 12.0. The zero-order valence-corrected chi connectivity index (χ0v) is 11.3. The molecule has 2 aliphatic rings. The fourth-order valence-electron chi connectivity index (χ4n) is 3.55. The summed E-state index contributed by atoms with van der Waals surface area (Å²) in [5.74, 6) is 0.886. The second-order valence-corrected chi connectivity index (χ2v) is 5.75. The summed E-state index contributed by atoms with van der Waals surface area (Å²) in [6.45, 7) is 3.76. The van der Waals surface area contributed by atoms with Crippen LogP contribution in [0.4, 0.5) is 5.69 Å². The number of anilines is 1. The minimum atomic E-state index is 0.765. The molecular formula is C15H23N3. The lowest BCUT2D eigenvalue weighted by Gasteiger charge is -2.37. The summed E-state index contributed by atoms with van der Waals surface area (Å²) < 4.78 is 0. The van der Waals surface area contributed by atoms with E-state index in [0.717, 1.165) is 12.0 Å². The number of nitrogens with zero attached hydrogens (tertiary/aromatic N) is 3. The molecule has 0 aliphatic carbocycles. The Bertz CT molecular complexity index is 371. The molecule has 0 amide bonds. The highest BCUT2D eigenvalue weighted by molar-refractivity contribution is 5.47. The van der Waals surface area contributed by atoms with Crippen molar-refractivity contribution in [3.8, 4) is 0 Å². The fourth-order valence-corrected chi connectivity index (χ4v) is 3.55. The molecule has 3 heteroatoms. The molecule has 2 saturated heterocycles. The highest BCUT2D eigenvalue weighted by Crippen LogP contribution is 2.33. The van der Waals surface area contributed by atoms with Gasteiger partial charge in [-0.2, -0.15) is 0 Å². The lowest BCUT2D eigenvalue weighted by atomic mass is 9.88. The summed E-state index contributed by atoms with van der Waals surface area (Å²) >= 11 is 0. The third-order valence-electron chi connectivity index (χ3n) is 4.60. The van der Waals surface area contributed by atoms with Crippen LogP contribution in [0.3, 0.4) is 0 Å². The topological polar surface area (TPSA) is 19.4 Å². The van der Waals surface area contributed by atoms with Crippen LogP contribution in [-0.4, -0.2) is 42.6 Å². The number of piperidine rings is 1. The van der Waals surface area contributed by atoms with Crippen LogP contribution in [0.2, 0.25) is 0 Å². The van der Waals surface area contributed by atoms with Gasteiger partial charge in [0.2, 0.25) is 0 Å². The molecule has 1 aromatic heterocycles. The van der Waals surface area contributed by atoms with Gasteiger partial charge in [-0.1, -0.05) is 0 Å². The van der Waals surface area contributed by atoms with Gasteiger partial charge < -0.3 is 9.80 Å². The van der Waals surface area contributed by atoms with Crippen molar-refractivity contribution in [2.45, 2.75) is 31.7 Å². The Morgan fingerprint density at radius 1 is 1.06 bits per heavy atom. The summed E-state index contributed by atoms with van der Waals surface area (Å²) in [5, 5.41) is 0. The van der Waals surface area contributed by atoms with Crippen LogP contribution in [-0.2, 0) is 0 Å². The molecule has 0 spiro atoms. The van der Waals surface area contributed by atoms with E-state index >= 15 is 0 Å². The maximum atomic E-state index is 4.13. The van der Waals surface area contributed by atoms with E-state index < -0.39 is 0 Å². The van der Waals surface area contributed by atoms with Crippen LogP contribution in [0, 0.1) is 5.92 Å². The first-order valence-electron chi connectivity index (χ1n) is 7.20. The van der Waals surface area contributed by atoms with Gasteiger partial charge in [0.25, 0.3) is 0 Å². The number of hydrogen-bond donors (Lipinski definition) is 0. The summed E-state index contributed by atoms with van der Waals surface area (Å²) in [6, 6.07) is 5.08. The van der Waals surface area contributed by atoms with E-state index in [1.54, 1.807) is 0 Å². The average molecular weight is 245 g/mol. The molecule has 3 nitrogen and oxygen atoms in total. The first-order chi connectivity index (χ1) is 8.84. The number of aromatic nitrogens is 1. The van der Waals surface area contributed by atoms with Gasteiger partial charge in [-0.25, -0.2) is 0 Å². The minimum Gasteiger partial charge on any atom is -0.368 e. The molecule has 3 rings (SSSR count). The normalized spacial score (nSPS) is 26.7. The molecule has 0 unspecified atom stereocenters. The van der Waals surface area contributed by atoms with Gasteiger partial charge in [0, 0.05) is 30.7 Å². The monoisotopic (exact) mass is 245 g/mol. The zero-order chi connectivity index (χ0) is 12.4. The Balaban J connectivity index is 1.71. The number of likely N-dealkylation sites (tertiary alicyclic amines) is 1. The van der Waals surface area contributed by atoms with Crippen LogP contribution in [0.15, 0.2) is 24.5 Å². The Labute approximate surface area is 110 Å². The summed E-state index contributed by atoms with van der Waals surface area (Å²) in [5.41, 5.74) is 1.37. The fraction of sp³-hybridized carbons (Fsp3) is 0.667. The third kappa shape index (κ3) is 2.37. The summed E-state index contributed by atoms with van der Waals surface area (Å²) in [6.07, 6.45) is 9.28. The van der Waals surface area contributed by atoms with Gasteiger partial charge in [-0.05, 0) is 63.9 Å². The lowest BCUT2D eigenvalue weighted by Crippen LogP contribution is -2.41. The van der Waals surface area contributed by atoms with Gasteiger partial charge >= 0.3 is 0 Å². The van der Waals surface area contributed by atoms with Crippen molar-refractivity contribution in [2.24, 2.45) is 5.92 Å². The van der Waals surface area contributed by atoms with Crippen molar-refractivity contribution in [2.75, 3.05) is 31.6 Å². The molecule has 0 saturated carbocycles. The van der Waals surface area contributed by atoms with Gasteiger partial charge in [-0.3, -0.25) is 4.98 Å². The van der Waals surface area contributed by atoms with Gasteiger partial charge in [0.15, 0.2) is 0 Å². The van der Waals surface area contributed by atoms with Crippen molar-refractivity contribution in [1.82, 2.24) is 9.88 Å². The van der Waals surface area contributed by atoms with Crippen molar-refractivity contribution < 1.29 is 0 Å². The van der Waals surface area contributed by atoms with Crippen LogP contribution < -0.4 is 4.90 Å². The average Bonchev–Trinajstić information content (AvgIpc) is 2.90. The Morgan fingerprint density at radius 3 is 2.50 bits per heavy atom. The number of hydrogen-bond acceptors (Lipinski definition) is 3. The number of rotatable bonds is 2. The van der Waals surface area contributed by atoms with Crippen molar-refractivity contribution in [3.05, 3.63) is 24.5 Å². The Kier molecular flexibility index (Phi) is 3.50. The van der Waals surface area contributed by atoms with Crippen molar-refractivity contribution in [1.29, 1.82) is 0 Å². The van der Waals surface area contributed by atoms with Crippen LogP contribution >= 0.6 is 0 Å². The van der Waals surface area contributed by atoms with Crippen LogP contribution in [0.25, 0.3) is 0 Å². The van der Waals surface area contributed by atoms with Crippen LogP contribution in [0.5, 0.6) is 0 Å². The van der Waals surface area contributed by atoms with Crippen molar-refractivity contribution >= 4 is 5.69 Å². The summed E-state index contributed by atoms with van der Waals surface area (Å²) in [7, 11) is 2.24. The second kappa shape index (κ2) is 5.27. The molecule has 0 N–H and O–H groups in total. The van der Waals surface area contributed by atoms with E-state index in [1.807, 2.05) is 12.4 Å². The second-order valence-electron chi connectivity index (χ2n) is 5.75. The van der Waals surface area contributed by atoms with Gasteiger partial charge in [-0.15, -0.1) is 0 Å². The molecule has 98 valence electrons. The molecule has 3 heterocycles. The maximum absolute atomic E-state index is 4.13. The SMILES string of the molecule is CN1CCC([C@@H]2CCCN2c2ccncc2)CC1. The van der Waals surface area contributed by atoms with Crippen molar-refractivity contribution in [3.63, 3.8) is 0 Å². The molecule has 18 heavy (non-hydrogen) atoms. The minimum absolute atomic E-state index is 0.765. The zero-order valence-electron chi connectivity index (χ0n) is 11.3. The molecule has 2 fully saturated rings. The van der Waals surface area contributed by atoms with Crippen LogP contribution in [0.1, 0.15) is 25.7 Å². The molecular weight excluding hydrogens is 222 g/mol. The maximum Gasteiger partial charge on any atom is 0.0399 e. The molecule has 0 radical (unpaired) electrons. The lowest BCUT2D eigenvalue weighted by molar-refractivity contribution is 0.199. The smallest absolute Gasteiger partial charge is 0.0399 e. The molecule has 1 atom stereocenters. The Morgan fingerprint density at radius 2 is 1.78 bits per heavy atom. The quantitative estimate of drug-likeness (QED) is 0.797. The molecule has 0 aromatic carbocycles.